The summed E-state index contributed by atoms with van der Waals surface area (Å²) in [6.07, 6.45) is 6.52. The normalized spacial score (nSPS) is 13.4. The first-order valence-electron chi connectivity index (χ1n) is 13.5. The van der Waals surface area contributed by atoms with Crippen LogP contribution >= 0.6 is 23.6 Å². The summed E-state index contributed by atoms with van der Waals surface area (Å²) in [7, 11) is 1.71. The van der Waals surface area contributed by atoms with Gasteiger partial charge in [-0.15, -0.1) is 11.3 Å². The molecule has 0 saturated heterocycles. The summed E-state index contributed by atoms with van der Waals surface area (Å²) >= 11 is 6.89. The molecular weight excluding hydrogens is 529 g/mol. The van der Waals surface area contributed by atoms with Crippen LogP contribution in [0.4, 0.5) is 15.8 Å². The average Bonchev–Trinajstić information content (AvgIpc) is 3.64. The van der Waals surface area contributed by atoms with E-state index in [4.69, 9.17) is 17.0 Å². The smallest absolute Gasteiger partial charge is 0.170 e. The Morgan fingerprint density at radius 3 is 2.62 bits per heavy atom. The molecule has 39 heavy (non-hydrogen) atoms. The number of pyridine rings is 1. The van der Waals surface area contributed by atoms with Crippen LogP contribution in [-0.4, -0.2) is 42.9 Å². The number of allylic oxidation sites excluding steroid dienone is 1. The highest BCUT2D eigenvalue weighted by Crippen LogP contribution is 2.39. The van der Waals surface area contributed by atoms with Gasteiger partial charge in [0.15, 0.2) is 5.11 Å². The number of rotatable bonds is 8. The molecule has 0 spiro atoms. The minimum Gasteiger partial charge on any atom is -0.383 e. The Balaban J connectivity index is 0.000000216. The first-order chi connectivity index (χ1) is 18.9. The minimum atomic E-state index is -0.214. The zero-order chi connectivity index (χ0) is 28.2. The predicted molar refractivity (Wildman–Crippen MR) is 168 cm³/mol. The maximum atomic E-state index is 13.2. The van der Waals surface area contributed by atoms with Crippen molar-refractivity contribution >= 4 is 45.6 Å². The molecule has 0 unspecified atom stereocenters. The first-order valence-corrected chi connectivity index (χ1v) is 14.7. The second-order valence-corrected chi connectivity index (χ2v) is 10.6. The third kappa shape index (κ3) is 9.69. The molecule has 2 aromatic heterocycles. The molecule has 0 bridgehead atoms. The van der Waals surface area contributed by atoms with Crippen molar-refractivity contribution in [3.63, 3.8) is 0 Å². The fourth-order valence-electron chi connectivity index (χ4n) is 3.68. The maximum Gasteiger partial charge on any atom is 0.170 e. The van der Waals surface area contributed by atoms with Crippen molar-refractivity contribution in [1.29, 1.82) is 0 Å². The average molecular weight is 570 g/mol. The number of halogens is 1. The van der Waals surface area contributed by atoms with Gasteiger partial charge in [0.25, 0.3) is 0 Å². The molecule has 3 aromatic rings. The molecule has 1 aromatic carbocycles. The standard InChI is InChI=1S/C17H21N3OS.C11H13FN2S.C2H6/c1-12-5-6-19-15-9-16(22-17(12)15)14-4-3-13(11-20-14)10-18-7-8-21-2;1-7-2-3-9(6-10(7)12)14-11(15)13-8-4-5-8;1-2/h3-5,9,11,18-19H,6-8,10H2,1-2H3;2-3,6,8H,4-5H2,1H3,(H2,13,14,15);1-2H3. The van der Waals surface area contributed by atoms with Crippen LogP contribution in [0.5, 0.6) is 0 Å². The number of thiophene rings is 1. The number of nitrogens with one attached hydrogen (secondary N) is 4. The van der Waals surface area contributed by atoms with Crippen molar-refractivity contribution in [3.05, 3.63) is 70.5 Å². The number of methoxy groups -OCH3 is 1. The molecule has 5 rings (SSSR count). The van der Waals surface area contributed by atoms with Gasteiger partial charge in [0.05, 0.1) is 27.7 Å². The van der Waals surface area contributed by atoms with E-state index in [9.17, 15) is 4.39 Å². The minimum absolute atomic E-state index is 0.214. The second-order valence-electron chi connectivity index (χ2n) is 9.18. The number of benzene rings is 1. The number of hydrogen-bond donors (Lipinski definition) is 4. The van der Waals surface area contributed by atoms with Crippen molar-refractivity contribution in [2.24, 2.45) is 0 Å². The highest BCUT2D eigenvalue weighted by Gasteiger charge is 2.21. The van der Waals surface area contributed by atoms with E-state index in [-0.39, 0.29) is 5.82 Å². The van der Waals surface area contributed by atoms with Crippen LogP contribution in [0.25, 0.3) is 16.1 Å². The molecule has 1 aliphatic carbocycles. The molecule has 1 aliphatic heterocycles. The highest BCUT2D eigenvalue weighted by molar-refractivity contribution is 7.80. The van der Waals surface area contributed by atoms with Crippen molar-refractivity contribution in [1.82, 2.24) is 15.6 Å². The van der Waals surface area contributed by atoms with E-state index in [1.54, 1.807) is 31.4 Å². The van der Waals surface area contributed by atoms with E-state index >= 15 is 0 Å². The number of nitrogens with zero attached hydrogens (tertiary/aromatic N) is 1. The van der Waals surface area contributed by atoms with Gasteiger partial charge in [-0.05, 0) is 79.9 Å². The van der Waals surface area contributed by atoms with Crippen LogP contribution in [0.3, 0.4) is 0 Å². The van der Waals surface area contributed by atoms with E-state index in [2.05, 4.69) is 57.4 Å². The molecule has 0 amide bonds. The summed E-state index contributed by atoms with van der Waals surface area (Å²) in [5.74, 6) is -0.214. The molecule has 2 aliphatic rings. The van der Waals surface area contributed by atoms with Gasteiger partial charge in [0.1, 0.15) is 5.82 Å². The summed E-state index contributed by atoms with van der Waals surface area (Å²) in [5, 5.41) is 13.4. The molecule has 4 N–H and O–H groups in total. The van der Waals surface area contributed by atoms with Crippen LogP contribution < -0.4 is 21.3 Å². The Bertz CT molecular complexity index is 1240. The van der Waals surface area contributed by atoms with Crippen molar-refractivity contribution < 1.29 is 9.13 Å². The van der Waals surface area contributed by atoms with Crippen LogP contribution in [-0.2, 0) is 11.3 Å². The lowest BCUT2D eigenvalue weighted by atomic mass is 10.1. The molecule has 1 saturated carbocycles. The Hall–Kier alpha value is -2.85. The zero-order valence-electron chi connectivity index (χ0n) is 23.5. The van der Waals surface area contributed by atoms with Crippen molar-refractivity contribution in [2.45, 2.75) is 53.1 Å². The Morgan fingerprint density at radius 1 is 1.18 bits per heavy atom. The summed E-state index contributed by atoms with van der Waals surface area (Å²) in [4.78, 5) is 7.15. The Labute approximate surface area is 241 Å². The maximum absolute atomic E-state index is 13.2. The number of anilines is 2. The van der Waals surface area contributed by atoms with Gasteiger partial charge in [0, 0.05) is 44.7 Å². The predicted octanol–water partition coefficient (Wildman–Crippen LogP) is 6.98. The van der Waals surface area contributed by atoms with Gasteiger partial charge >= 0.3 is 0 Å². The fourth-order valence-corrected chi connectivity index (χ4v) is 5.07. The number of aryl methyl sites for hydroxylation is 1. The second kappa shape index (κ2) is 15.7. The zero-order valence-corrected chi connectivity index (χ0v) is 25.1. The molecule has 0 atom stereocenters. The summed E-state index contributed by atoms with van der Waals surface area (Å²) in [6.45, 7) is 11.2. The quantitative estimate of drug-likeness (QED) is 0.172. The van der Waals surface area contributed by atoms with E-state index in [0.717, 1.165) is 31.9 Å². The summed E-state index contributed by atoms with van der Waals surface area (Å²) in [5.41, 5.74) is 6.14. The SMILES string of the molecule is CC.COCCNCc1ccc(-c2cc3c(s2)C(C)=CCN3)nc1.Cc1ccc(NC(=S)NC2CC2)cc1F. The third-order valence-corrected chi connectivity index (χ3v) is 7.54. The van der Waals surface area contributed by atoms with Crippen LogP contribution in [0.15, 0.2) is 48.7 Å². The van der Waals surface area contributed by atoms with Gasteiger partial charge in [-0.1, -0.05) is 32.1 Å². The molecule has 210 valence electrons. The number of aromatic nitrogens is 1. The Morgan fingerprint density at radius 2 is 1.97 bits per heavy atom. The van der Waals surface area contributed by atoms with Gasteiger partial charge in [-0.2, -0.15) is 0 Å². The highest BCUT2D eigenvalue weighted by atomic mass is 32.1. The Kier molecular flexibility index (Phi) is 12.3. The number of hydrogen-bond acceptors (Lipinski definition) is 6. The number of fused-ring (bicyclic) bond motifs is 1. The lowest BCUT2D eigenvalue weighted by Crippen LogP contribution is -2.30. The van der Waals surface area contributed by atoms with Crippen LogP contribution in [0, 0.1) is 12.7 Å². The first kappa shape index (κ1) is 30.7. The van der Waals surface area contributed by atoms with Crippen LogP contribution in [0.1, 0.15) is 49.6 Å². The summed E-state index contributed by atoms with van der Waals surface area (Å²) < 4.78 is 18.2. The molecule has 9 heteroatoms. The lowest BCUT2D eigenvalue weighted by molar-refractivity contribution is 0.199. The van der Waals surface area contributed by atoms with Gasteiger partial charge in [-0.3, -0.25) is 4.98 Å². The van der Waals surface area contributed by atoms with Gasteiger partial charge < -0.3 is 26.0 Å². The third-order valence-electron chi connectivity index (χ3n) is 6.02. The van der Waals surface area contributed by atoms with E-state index < -0.39 is 0 Å². The van der Waals surface area contributed by atoms with E-state index in [0.29, 0.717) is 22.4 Å². The summed E-state index contributed by atoms with van der Waals surface area (Å²) in [6, 6.07) is 12.0. The van der Waals surface area contributed by atoms with Crippen molar-refractivity contribution in [3.8, 4) is 10.6 Å². The monoisotopic (exact) mass is 569 g/mol. The molecule has 6 nitrogen and oxygen atoms in total. The molecular formula is C30H40FN5OS2. The largest absolute Gasteiger partial charge is 0.383 e. The van der Waals surface area contributed by atoms with Gasteiger partial charge in [0.2, 0.25) is 0 Å². The van der Waals surface area contributed by atoms with E-state index in [1.165, 1.54) is 45.5 Å². The topological polar surface area (TPSA) is 70.2 Å². The molecule has 1 fully saturated rings. The van der Waals surface area contributed by atoms with E-state index in [1.807, 2.05) is 26.1 Å². The lowest BCUT2D eigenvalue weighted by Gasteiger charge is -2.11. The fraction of sp³-hybridized carbons (Fsp3) is 0.400. The molecule has 0 radical (unpaired) electrons. The van der Waals surface area contributed by atoms with Gasteiger partial charge in [-0.25, -0.2) is 4.39 Å². The van der Waals surface area contributed by atoms with Crippen molar-refractivity contribution in [2.75, 3.05) is 37.4 Å². The van der Waals surface area contributed by atoms with Crippen LogP contribution in [0.2, 0.25) is 0 Å². The number of ether oxygens (including phenoxy) is 1. The molecule has 3 heterocycles. The number of thiocarbonyl (C=S) groups is 1.